The van der Waals surface area contributed by atoms with E-state index < -0.39 is 0 Å². The van der Waals surface area contributed by atoms with Gasteiger partial charge in [0.2, 0.25) is 0 Å². The molecular weight excluding hydrogens is 513 g/mol. The van der Waals surface area contributed by atoms with Crippen molar-refractivity contribution >= 4 is 63.4 Å². The van der Waals surface area contributed by atoms with Crippen LogP contribution < -0.4 is 5.22 Å². The maximum Gasteiger partial charge on any atom is 0.494 e. The van der Waals surface area contributed by atoms with Crippen molar-refractivity contribution in [1.82, 2.24) is 4.40 Å². The molecule has 0 unspecified atom stereocenters. The Kier molecular flexibility index (Phi) is 6.83. The predicted octanol–water partition coefficient (Wildman–Crippen LogP) is 9.41. The molecule has 0 amide bonds. The highest BCUT2D eigenvalue weighted by molar-refractivity contribution is 6.55. The molecule has 3 heterocycles. The second-order valence-corrected chi connectivity index (χ2v) is 12.5. The Bertz CT molecular complexity index is 2040. The van der Waals surface area contributed by atoms with Gasteiger partial charge in [-0.2, -0.15) is 0 Å². The standard InChI is InChI=1S/C38H40BNO2/c1-10-28(39-41-37(6,7)38(8,9)42-39)20-17-24(4)21-26-18-19-27-22-35-33(23-32(27)25(26)5)30(12-3)36-29(11-2)31-15-13-14-16-34(31)40(35)36/h10-23H,3H2,1-2,4-9H3/b20-17-,24-21+,28-10+,29-11-. The summed E-state index contributed by atoms with van der Waals surface area (Å²) in [5.41, 5.74) is 8.84. The Morgan fingerprint density at radius 1 is 0.881 bits per heavy atom. The van der Waals surface area contributed by atoms with E-state index in [4.69, 9.17) is 9.31 Å². The van der Waals surface area contributed by atoms with Crippen LogP contribution in [0.2, 0.25) is 0 Å². The molecule has 3 nitrogen and oxygen atoms in total. The number of hydrogen-bond acceptors (Lipinski definition) is 2. The van der Waals surface area contributed by atoms with E-state index in [0.717, 1.165) is 5.47 Å². The van der Waals surface area contributed by atoms with E-state index in [0.29, 0.717) is 0 Å². The molecular formula is C38H40BNO2. The van der Waals surface area contributed by atoms with Gasteiger partial charge in [0.25, 0.3) is 0 Å². The maximum atomic E-state index is 6.27. The van der Waals surface area contributed by atoms with Crippen molar-refractivity contribution < 1.29 is 9.31 Å². The van der Waals surface area contributed by atoms with Gasteiger partial charge in [-0.15, -0.1) is 0 Å². The van der Waals surface area contributed by atoms with Crippen molar-refractivity contribution in [3.05, 3.63) is 106 Å². The minimum atomic E-state index is -0.369. The van der Waals surface area contributed by atoms with Gasteiger partial charge < -0.3 is 13.7 Å². The van der Waals surface area contributed by atoms with Crippen molar-refractivity contribution in [2.75, 3.05) is 0 Å². The monoisotopic (exact) mass is 553 g/mol. The first-order chi connectivity index (χ1) is 20.0. The number of fused-ring (bicyclic) bond motifs is 6. The minimum absolute atomic E-state index is 0.359. The summed E-state index contributed by atoms with van der Waals surface area (Å²) in [6.45, 7) is 21.1. The van der Waals surface area contributed by atoms with Crippen LogP contribution in [0.15, 0.2) is 84.4 Å². The summed E-state index contributed by atoms with van der Waals surface area (Å²) in [6, 6.07) is 17.8. The number of para-hydroxylation sites is 1. The Hall–Kier alpha value is -3.86. The van der Waals surface area contributed by atoms with Crippen LogP contribution in [-0.2, 0) is 9.31 Å². The highest BCUT2D eigenvalue weighted by Crippen LogP contribution is 2.39. The molecule has 1 saturated heterocycles. The van der Waals surface area contributed by atoms with Gasteiger partial charge in [-0.25, -0.2) is 0 Å². The molecule has 0 aliphatic carbocycles. The number of aryl methyl sites for hydroxylation is 1. The third kappa shape index (κ3) is 4.28. The van der Waals surface area contributed by atoms with E-state index in [9.17, 15) is 0 Å². The van der Waals surface area contributed by atoms with Gasteiger partial charge in [0.15, 0.2) is 0 Å². The lowest BCUT2D eigenvalue weighted by Gasteiger charge is -2.32. The predicted molar refractivity (Wildman–Crippen MR) is 183 cm³/mol. The van der Waals surface area contributed by atoms with Crippen LogP contribution in [-0.4, -0.2) is 22.7 Å². The molecule has 5 aromatic rings. The first kappa shape index (κ1) is 28.3. The summed E-state index contributed by atoms with van der Waals surface area (Å²) in [5, 5.41) is 6.29. The third-order valence-electron chi connectivity index (χ3n) is 9.42. The molecule has 0 saturated carbocycles. The van der Waals surface area contributed by atoms with Crippen LogP contribution >= 0.6 is 0 Å². The largest absolute Gasteiger partial charge is 0.494 e. The quantitative estimate of drug-likeness (QED) is 0.160. The van der Waals surface area contributed by atoms with Gasteiger partial charge in [0.1, 0.15) is 0 Å². The maximum absolute atomic E-state index is 6.27. The smallest absolute Gasteiger partial charge is 0.399 e. The van der Waals surface area contributed by atoms with E-state index in [1.807, 2.05) is 13.0 Å². The molecule has 0 bridgehead atoms. The van der Waals surface area contributed by atoms with Crippen LogP contribution in [0.25, 0.3) is 56.3 Å². The van der Waals surface area contributed by atoms with Crippen LogP contribution in [0.5, 0.6) is 0 Å². The van der Waals surface area contributed by atoms with Crippen molar-refractivity contribution in [3.8, 4) is 0 Å². The number of allylic oxidation sites excluding steroid dienone is 5. The molecule has 1 aliphatic rings. The molecule has 2 aromatic heterocycles. The lowest BCUT2D eigenvalue weighted by atomic mass is 9.77. The van der Waals surface area contributed by atoms with E-state index in [2.05, 4.69) is 138 Å². The molecule has 42 heavy (non-hydrogen) atoms. The molecule has 0 atom stereocenters. The van der Waals surface area contributed by atoms with E-state index in [1.54, 1.807) is 0 Å². The second-order valence-electron chi connectivity index (χ2n) is 12.5. The van der Waals surface area contributed by atoms with Gasteiger partial charge in [-0.05, 0) is 101 Å². The fourth-order valence-corrected chi connectivity index (χ4v) is 6.30. The van der Waals surface area contributed by atoms with Crippen molar-refractivity contribution in [2.24, 2.45) is 0 Å². The zero-order valence-corrected chi connectivity index (χ0v) is 26.1. The first-order valence-corrected chi connectivity index (χ1v) is 14.9. The van der Waals surface area contributed by atoms with Crippen LogP contribution in [0.4, 0.5) is 0 Å². The first-order valence-electron chi connectivity index (χ1n) is 14.9. The average Bonchev–Trinajstić information content (AvgIpc) is 3.52. The summed E-state index contributed by atoms with van der Waals surface area (Å²) in [5.74, 6) is 0. The zero-order chi connectivity index (χ0) is 30.0. The van der Waals surface area contributed by atoms with Crippen molar-refractivity contribution in [2.45, 2.75) is 66.6 Å². The van der Waals surface area contributed by atoms with Crippen LogP contribution in [0, 0.1) is 6.92 Å². The summed E-state index contributed by atoms with van der Waals surface area (Å²) < 4.78 is 15.0. The third-order valence-corrected chi connectivity index (χ3v) is 9.42. The summed E-state index contributed by atoms with van der Waals surface area (Å²) in [7, 11) is -0.369. The molecule has 0 spiro atoms. The zero-order valence-electron chi connectivity index (χ0n) is 26.1. The van der Waals surface area contributed by atoms with Crippen LogP contribution in [0.3, 0.4) is 0 Å². The number of benzene rings is 3. The lowest BCUT2D eigenvalue weighted by molar-refractivity contribution is 0.00578. The molecule has 1 fully saturated rings. The average molecular weight is 554 g/mol. The second kappa shape index (κ2) is 10.2. The van der Waals surface area contributed by atoms with Gasteiger partial charge >= 0.3 is 7.12 Å². The lowest BCUT2D eigenvalue weighted by Crippen LogP contribution is -2.41. The molecule has 0 N–H and O–H groups in total. The Morgan fingerprint density at radius 3 is 2.26 bits per heavy atom. The SMILES string of the molecule is C=Cc1c2cc3c(C)c(/C=C(C)/C=C\C(=C/C)B4OC(C)(C)C(C)(C)O4)ccc3cc2n2c1/c(=C\C)c1ccccc12. The summed E-state index contributed by atoms with van der Waals surface area (Å²) in [4.78, 5) is 0. The number of nitrogens with zero attached hydrogens (tertiary/aromatic N) is 1. The Balaban J connectivity index is 1.41. The number of aromatic nitrogens is 1. The molecule has 6 rings (SSSR count). The van der Waals surface area contributed by atoms with Gasteiger partial charge in [0, 0.05) is 21.6 Å². The highest BCUT2D eigenvalue weighted by atomic mass is 16.7. The van der Waals surface area contributed by atoms with Crippen molar-refractivity contribution in [1.29, 1.82) is 0 Å². The molecule has 1 aliphatic heterocycles. The number of hydrogen-bond donors (Lipinski definition) is 0. The summed E-state index contributed by atoms with van der Waals surface area (Å²) >= 11 is 0. The van der Waals surface area contributed by atoms with E-state index >= 15 is 0 Å². The Labute approximate surface area is 249 Å². The Morgan fingerprint density at radius 2 is 1.60 bits per heavy atom. The fourth-order valence-electron chi connectivity index (χ4n) is 6.30. The van der Waals surface area contributed by atoms with Gasteiger partial charge in [0.05, 0.1) is 27.8 Å². The normalized spacial score (nSPS) is 18.1. The molecule has 3 aromatic carbocycles. The van der Waals surface area contributed by atoms with E-state index in [1.165, 1.54) is 65.6 Å². The van der Waals surface area contributed by atoms with Gasteiger partial charge in [-0.3, -0.25) is 0 Å². The highest BCUT2D eigenvalue weighted by Gasteiger charge is 2.51. The molecule has 212 valence electrons. The molecule has 0 radical (unpaired) electrons. The van der Waals surface area contributed by atoms with Crippen molar-refractivity contribution in [3.63, 3.8) is 0 Å². The summed E-state index contributed by atoms with van der Waals surface area (Å²) in [6.07, 6.45) is 12.8. The number of rotatable bonds is 5. The molecule has 4 heteroatoms. The van der Waals surface area contributed by atoms with Gasteiger partial charge in [-0.1, -0.05) is 78.9 Å². The van der Waals surface area contributed by atoms with Crippen LogP contribution in [0.1, 0.15) is 65.2 Å². The minimum Gasteiger partial charge on any atom is -0.399 e. The fraction of sp³-hybridized carbons (Fsp3) is 0.263. The van der Waals surface area contributed by atoms with E-state index in [-0.39, 0.29) is 18.3 Å². The topological polar surface area (TPSA) is 22.9 Å².